The molecule has 5 aliphatic rings. The van der Waals surface area contributed by atoms with E-state index in [1.54, 1.807) is 92.7 Å². The zero-order chi connectivity index (χ0) is 107. The maximum absolute atomic E-state index is 16.8. The molecule has 2 aromatic heterocycles. The van der Waals surface area contributed by atoms with E-state index < -0.39 is 336 Å². The second-order valence-corrected chi connectivity index (χ2v) is 40.2. The van der Waals surface area contributed by atoms with Gasteiger partial charge in [0, 0.05) is 126 Å². The molecule has 0 saturated carbocycles. The Labute approximate surface area is 858 Å². The Hall–Kier alpha value is -13.7. The number of nitrogens with one attached hydrogen (secondary N) is 18. The van der Waals surface area contributed by atoms with E-state index in [1.807, 2.05) is 0 Å². The summed E-state index contributed by atoms with van der Waals surface area (Å²) in [4.78, 5) is 334. The van der Waals surface area contributed by atoms with Crippen LogP contribution in [0.1, 0.15) is 130 Å². The number of benzene rings is 3. The summed E-state index contributed by atoms with van der Waals surface area (Å²) in [6, 6.07) is -4.48. The highest BCUT2D eigenvalue weighted by molar-refractivity contribution is 7.99. The number of ketones is 2. The van der Waals surface area contributed by atoms with Crippen LogP contribution >= 0.6 is 47.5 Å². The molecule has 25 N–H and O–H groups in total. The number of aliphatic carboxylic acids is 2. The van der Waals surface area contributed by atoms with E-state index in [1.165, 1.54) is 57.3 Å². The van der Waals surface area contributed by atoms with Gasteiger partial charge in [0.05, 0.1) is 37.2 Å². The number of carboxylic acids is 2. The summed E-state index contributed by atoms with van der Waals surface area (Å²) in [7, 11) is 0. The van der Waals surface area contributed by atoms with Gasteiger partial charge >= 0.3 is 11.9 Å². The van der Waals surface area contributed by atoms with Crippen LogP contribution in [0.2, 0.25) is 0 Å². The second kappa shape index (κ2) is 53.4. The van der Waals surface area contributed by atoms with Gasteiger partial charge in [0.15, 0.2) is 11.6 Å². The number of aromatic amines is 2. The lowest BCUT2D eigenvalue weighted by Crippen LogP contribution is -2.68. The van der Waals surface area contributed by atoms with E-state index in [9.17, 15) is 63.3 Å². The van der Waals surface area contributed by atoms with E-state index in [-0.39, 0.29) is 43.6 Å². The first-order valence-corrected chi connectivity index (χ1v) is 51.6. The van der Waals surface area contributed by atoms with Crippen LogP contribution in [-0.2, 0) is 125 Å². The number of carbonyl (C=O) groups is 22. The number of fused-ring (bicyclic) bond motifs is 3. The van der Waals surface area contributed by atoms with E-state index in [0.717, 1.165) is 25.6 Å². The summed E-state index contributed by atoms with van der Waals surface area (Å²) >= 11 is 5.99. The lowest BCUT2D eigenvalue weighted by molar-refractivity contribution is -0.143. The average Bonchev–Trinajstić information content (AvgIpc) is 1.38. The average molecular weight is 2100 g/mol. The van der Waals surface area contributed by atoms with Gasteiger partial charge in [0.1, 0.15) is 83.6 Å². The van der Waals surface area contributed by atoms with Gasteiger partial charge in [-0.2, -0.15) is 35.3 Å². The van der Waals surface area contributed by atoms with E-state index in [0.29, 0.717) is 62.0 Å². The van der Waals surface area contributed by atoms with E-state index in [2.05, 4.69) is 113 Å². The number of H-pyrrole nitrogens is 2. The van der Waals surface area contributed by atoms with Crippen LogP contribution in [0.5, 0.6) is 0 Å². The zero-order valence-corrected chi connectivity index (χ0v) is 85.2. The maximum atomic E-state index is 16.8. The van der Waals surface area contributed by atoms with Crippen molar-refractivity contribution in [1.29, 1.82) is 0 Å². The molecule has 5 aromatic rings. The molecular formula is C96H127N21O25S4. The van der Waals surface area contributed by atoms with Crippen LogP contribution in [0.4, 0.5) is 0 Å². The highest BCUT2D eigenvalue weighted by Crippen LogP contribution is 2.31. The van der Waals surface area contributed by atoms with Crippen LogP contribution in [0, 0.1) is 17.8 Å². The SMILES string of the molecule is C/C=C1\CC(=O)[C@H](Cc2ccccc2)NC(=O)[C@@H]2CCCN2C(=O)[C@H](C(C)C)NC(=O)[C@H](Cc2c[nH]c3ccccc23)NC(=O)[C@]2(CSC[C@@H](C(=O)N[C@@H](CSC)C(=O)O)NC1=O)C[C@H](NC(=O)[C@@H](C)CC(=O)[C@@H]1CSC[C@]3(C[C@H](N)C(=O)N[C@@H](CC(N)=O)C(=O)N[C@@H](C)C(=O)N3)C(=O)N[C@@H](C(C)C)C(=O)N[C@@H](Cc3c[nH]c4ccccc34)C(=O)N[C@@H](CCC(=O)O)C(=O)N1)C(=O)N[C@@H]([C@@H](C)O)C(=O)NCC(=O)N2.C=S. The molecule has 19 atom stereocenters. The number of hydrogen-bond acceptors (Lipinski definition) is 28. The predicted molar refractivity (Wildman–Crippen MR) is 541 cm³/mol. The second-order valence-electron chi connectivity index (χ2n) is 37.3. The zero-order valence-electron chi connectivity index (χ0n) is 81.9. The van der Waals surface area contributed by atoms with Gasteiger partial charge in [-0.05, 0) is 99.2 Å². The number of hydrogen-bond donors (Lipinski definition) is 23. The molecule has 146 heavy (non-hydrogen) atoms. The van der Waals surface area contributed by atoms with Crippen LogP contribution < -0.4 is 96.5 Å². The number of aromatic nitrogens is 2. The first kappa shape index (κ1) is 116. The third kappa shape index (κ3) is 30.9. The quantitative estimate of drug-likeness (QED) is 0.0210. The number of rotatable bonds is 24. The summed E-state index contributed by atoms with van der Waals surface area (Å²) in [6.45, 7) is 9.83. The molecule has 790 valence electrons. The summed E-state index contributed by atoms with van der Waals surface area (Å²) in [6.07, 6.45) is -2.95. The fraction of sp³-hybridized carbons (Fsp3) is 0.510. The number of aliphatic hydroxyl groups excluding tert-OH is 1. The van der Waals surface area contributed by atoms with Crippen molar-refractivity contribution in [2.45, 2.75) is 240 Å². The summed E-state index contributed by atoms with van der Waals surface area (Å²) in [5.74, 6) is -29.7. The Morgan fingerprint density at radius 2 is 1.14 bits per heavy atom. The number of carbonyl (C=O) groups excluding carboxylic acids is 20. The summed E-state index contributed by atoms with van der Waals surface area (Å²) in [5, 5.41) is 73.8. The van der Waals surface area contributed by atoms with Gasteiger partial charge in [0.2, 0.25) is 106 Å². The molecule has 0 aliphatic carbocycles. The number of para-hydroxylation sites is 2. The third-order valence-electron chi connectivity index (χ3n) is 25.5. The molecule has 46 nitrogen and oxygen atoms in total. The minimum absolute atomic E-state index is 0.0395. The van der Waals surface area contributed by atoms with Gasteiger partial charge in [-0.1, -0.05) is 120 Å². The molecule has 2 spiro atoms. The smallest absolute Gasteiger partial charge is 0.327 e. The Bertz CT molecular complexity index is 5760. The molecule has 18 amide bonds. The molecule has 0 unspecified atom stereocenters. The summed E-state index contributed by atoms with van der Waals surface area (Å²) in [5.41, 5.74) is 8.84. The Morgan fingerprint density at radius 1 is 0.596 bits per heavy atom. The number of nitrogens with zero attached hydrogens (tertiary/aromatic N) is 1. The lowest BCUT2D eigenvalue weighted by atomic mass is 9.89. The van der Waals surface area contributed by atoms with Crippen molar-refractivity contribution >= 4 is 205 Å². The van der Waals surface area contributed by atoms with Crippen molar-refractivity contribution < 1.29 is 121 Å². The molecule has 5 fully saturated rings. The normalized spacial score (nSPS) is 26.9. The topological polar surface area (TPSA) is 716 Å². The van der Waals surface area contributed by atoms with Gasteiger partial charge in [-0.15, -0.1) is 0 Å². The lowest BCUT2D eigenvalue weighted by Gasteiger charge is -2.38. The molecule has 5 saturated heterocycles. The molecule has 0 radical (unpaired) electrons. The fourth-order valence-electron chi connectivity index (χ4n) is 17.4. The number of nitrogens with two attached hydrogens (primary N) is 2. The number of allylic oxidation sites excluding steroid dienone is 1. The molecule has 3 aromatic carbocycles. The number of Topliss-reactive ketones (excluding diaryl/α,β-unsaturated/α-hetero) is 2. The van der Waals surface area contributed by atoms with E-state index in [4.69, 9.17) is 11.5 Å². The largest absolute Gasteiger partial charge is 0.481 e. The Balaban J connectivity index is 0.0000118. The number of primary amides is 1. The van der Waals surface area contributed by atoms with Crippen LogP contribution in [0.15, 0.2) is 103 Å². The Morgan fingerprint density at radius 3 is 1.73 bits per heavy atom. The fourth-order valence-corrected chi connectivity index (χ4v) is 20.5. The molecule has 5 aliphatic heterocycles. The number of aliphatic hydroxyl groups is 1. The van der Waals surface area contributed by atoms with Gasteiger partial charge < -0.3 is 127 Å². The maximum Gasteiger partial charge on any atom is 0.327 e. The van der Waals surface area contributed by atoms with E-state index >= 15 is 57.5 Å². The number of thiocarbonyl (C=S) groups is 1. The molecule has 50 heteroatoms. The van der Waals surface area contributed by atoms with Crippen molar-refractivity contribution in [3.05, 3.63) is 120 Å². The first-order chi connectivity index (χ1) is 69.2. The monoisotopic (exact) mass is 2100 g/mol. The predicted octanol–water partition coefficient (Wildman–Crippen LogP) is -3.56. The molecule has 7 heterocycles. The van der Waals surface area contributed by atoms with Crippen molar-refractivity contribution in [3.63, 3.8) is 0 Å². The molecule has 0 bridgehead atoms. The van der Waals surface area contributed by atoms with Gasteiger partial charge in [-0.25, -0.2) is 4.79 Å². The number of amides is 18. The summed E-state index contributed by atoms with van der Waals surface area (Å²) < 4.78 is 0. The Kier molecular flexibility index (Phi) is 42.4. The number of thioether (sulfide) groups is 3. The standard InChI is InChI=1S/C95H125N21O25S3.CH2S/c1-10-51-33-70(119)60(30-50-19-12-11-13-20-50)103-87(134)68-25-18-28-116(68)90(137)75(46(4)5)111-84(131)62(32-53-38-99-58-24-17-15-22-55(53)58)110-92(140)95(44-144-42-66(108-79(51)126)86(133)109-67(40-142-9)91(138)139)36-64(85(132)112-76(49(8)117)88(135)100-39-72(121)114-95)106-77(124)47(6)29-69(118)65-41-143-43-94(35-56(96)80(127)104-63(34-71(97)120)82(129)101-48(7)78(125)115-94)93(141)113-74(45(2)3)89(136)105-61(31-52-37-98-57-23-16-14-21-54(52)57)83(130)102-59(81(128)107-65)26-27-73(122)123;1-2/h10-17,19-24,37-38,45-49,56,59-68,74-76,98-99,117H,18,25-36,39-44,96H2,1-9H3,(H2,97,120)(H,100,135)(H,101,129)(H,102,130)(H,103,134)(H,104,127)(H,105,136)(H,106,124)(H,107,128)(H,108,126)(H,109,133)(H,110,140)(H,111,131)(H,112,132)(H,113,141)(H,114,121)(H,115,125)(H,122,123)(H,138,139);1H2/b51-10+;/t47-,48-,49+,56-,59-,60-,61-,62-,63-,64-,65-,66-,67-,68-,74-,75-,76-,94+,95+;/m0./s1. The van der Waals surface area contributed by atoms with Crippen LogP contribution in [0.25, 0.3) is 21.8 Å². The minimum atomic E-state index is -2.86. The number of carboxylic acid groups (broad SMARTS) is 2. The van der Waals surface area contributed by atoms with Crippen LogP contribution in [-0.4, -0.2) is 322 Å². The minimum Gasteiger partial charge on any atom is -0.481 e. The highest BCUT2D eigenvalue weighted by Gasteiger charge is 2.52. The van der Waals surface area contributed by atoms with Gasteiger partial charge in [-0.3, -0.25) is 101 Å². The first-order valence-electron chi connectivity index (χ1n) is 47.4. The van der Waals surface area contributed by atoms with Gasteiger partial charge in [0.25, 0.3) is 0 Å². The van der Waals surface area contributed by atoms with Crippen molar-refractivity contribution in [2.24, 2.45) is 29.2 Å². The van der Waals surface area contributed by atoms with Crippen LogP contribution in [0.3, 0.4) is 0 Å². The van der Waals surface area contributed by atoms with Crippen molar-refractivity contribution in [2.75, 3.05) is 48.1 Å². The molecular weight excluding hydrogens is 1980 g/mol. The highest BCUT2D eigenvalue weighted by atomic mass is 32.2. The van der Waals surface area contributed by atoms with Crippen molar-refractivity contribution in [1.82, 2.24) is 99.9 Å². The van der Waals surface area contributed by atoms with Crippen molar-refractivity contribution in [3.8, 4) is 0 Å². The third-order valence-corrected chi connectivity index (χ3v) is 28.7. The molecule has 10 rings (SSSR count).